The van der Waals surface area contributed by atoms with Crippen LogP contribution in [-0.2, 0) is 0 Å². The van der Waals surface area contributed by atoms with Gasteiger partial charge in [0.1, 0.15) is 0 Å². The van der Waals surface area contributed by atoms with E-state index in [4.69, 9.17) is 9.47 Å². The lowest BCUT2D eigenvalue weighted by atomic mass is 10.1. The summed E-state index contributed by atoms with van der Waals surface area (Å²) in [6.45, 7) is 8.42. The first kappa shape index (κ1) is 13.8. The molecule has 0 saturated carbocycles. The predicted octanol–water partition coefficient (Wildman–Crippen LogP) is 3.32. The first-order valence-electron chi connectivity index (χ1n) is 6.19. The topological polar surface area (TPSA) is 38.7 Å². The third-order valence-corrected chi connectivity index (χ3v) is 2.40. The van der Waals surface area contributed by atoms with Gasteiger partial charge in [0.25, 0.3) is 0 Å². The second kappa shape index (κ2) is 6.50. The highest BCUT2D eigenvalue weighted by molar-refractivity contribution is 5.43. The Morgan fingerprint density at radius 2 is 1.88 bits per heavy atom. The van der Waals surface area contributed by atoms with Crippen molar-refractivity contribution in [2.24, 2.45) is 0 Å². The number of ether oxygens (including phenoxy) is 2. The van der Waals surface area contributed by atoms with Gasteiger partial charge in [-0.05, 0) is 44.9 Å². The second-order valence-corrected chi connectivity index (χ2v) is 4.23. The van der Waals surface area contributed by atoms with E-state index in [1.54, 1.807) is 0 Å². The summed E-state index contributed by atoms with van der Waals surface area (Å²) in [5.74, 6) is 1.43. The van der Waals surface area contributed by atoms with Gasteiger partial charge in [-0.25, -0.2) is 0 Å². The fourth-order valence-corrected chi connectivity index (χ4v) is 1.59. The van der Waals surface area contributed by atoms with Gasteiger partial charge < -0.3 is 14.6 Å². The molecule has 1 rings (SSSR count). The average Bonchev–Trinajstić information content (AvgIpc) is 2.30. The van der Waals surface area contributed by atoms with Crippen molar-refractivity contribution in [2.45, 2.75) is 46.3 Å². The van der Waals surface area contributed by atoms with Crippen LogP contribution >= 0.6 is 0 Å². The van der Waals surface area contributed by atoms with E-state index in [9.17, 15) is 5.11 Å². The number of hydrogen-bond acceptors (Lipinski definition) is 3. The van der Waals surface area contributed by atoms with Crippen LogP contribution in [0.4, 0.5) is 0 Å². The first-order chi connectivity index (χ1) is 8.08. The largest absolute Gasteiger partial charge is 0.490 e. The van der Waals surface area contributed by atoms with Gasteiger partial charge in [0, 0.05) is 0 Å². The lowest BCUT2D eigenvalue weighted by Gasteiger charge is -2.17. The molecule has 0 radical (unpaired) electrons. The van der Waals surface area contributed by atoms with E-state index in [2.05, 4.69) is 0 Å². The van der Waals surface area contributed by atoms with Crippen LogP contribution < -0.4 is 9.47 Å². The summed E-state index contributed by atoms with van der Waals surface area (Å²) in [6, 6.07) is 5.60. The fraction of sp³-hybridized carbons (Fsp3) is 0.571. The maximum Gasteiger partial charge on any atom is 0.161 e. The highest BCUT2D eigenvalue weighted by atomic mass is 16.5. The van der Waals surface area contributed by atoms with Crippen molar-refractivity contribution in [2.75, 3.05) is 6.61 Å². The maximum absolute atomic E-state index is 9.80. The predicted molar refractivity (Wildman–Crippen MR) is 68.6 cm³/mol. The zero-order valence-electron chi connectivity index (χ0n) is 11.1. The van der Waals surface area contributed by atoms with E-state index in [1.807, 2.05) is 45.9 Å². The minimum Gasteiger partial charge on any atom is -0.490 e. The minimum absolute atomic E-state index is 0.108. The molecule has 3 heteroatoms. The fourth-order valence-electron chi connectivity index (χ4n) is 1.59. The van der Waals surface area contributed by atoms with Crippen molar-refractivity contribution in [1.29, 1.82) is 0 Å². The van der Waals surface area contributed by atoms with Gasteiger partial charge in [0.2, 0.25) is 0 Å². The van der Waals surface area contributed by atoms with E-state index in [-0.39, 0.29) is 6.10 Å². The molecule has 0 bridgehead atoms. The van der Waals surface area contributed by atoms with Crippen LogP contribution in [0.5, 0.6) is 11.5 Å². The van der Waals surface area contributed by atoms with Gasteiger partial charge in [0.15, 0.2) is 11.5 Å². The van der Waals surface area contributed by atoms with Gasteiger partial charge in [0.05, 0.1) is 18.8 Å². The van der Waals surface area contributed by atoms with Crippen molar-refractivity contribution in [3.8, 4) is 11.5 Å². The van der Waals surface area contributed by atoms with Crippen LogP contribution in [0.1, 0.15) is 45.8 Å². The Hall–Kier alpha value is -1.22. The maximum atomic E-state index is 9.80. The Balaban J connectivity index is 2.98. The normalized spacial score (nSPS) is 12.6. The second-order valence-electron chi connectivity index (χ2n) is 4.23. The zero-order valence-corrected chi connectivity index (χ0v) is 11.1. The third-order valence-electron chi connectivity index (χ3n) is 2.40. The van der Waals surface area contributed by atoms with Gasteiger partial charge in [-0.3, -0.25) is 0 Å². The van der Waals surface area contributed by atoms with Crippen LogP contribution in [0.3, 0.4) is 0 Å². The van der Waals surface area contributed by atoms with Crippen molar-refractivity contribution in [1.82, 2.24) is 0 Å². The number of benzene rings is 1. The minimum atomic E-state index is -0.442. The molecule has 0 aromatic heterocycles. The van der Waals surface area contributed by atoms with Crippen LogP contribution in [-0.4, -0.2) is 17.8 Å². The number of aliphatic hydroxyl groups is 1. The SMILES string of the molecule is CCOc1cc(C(O)CC)ccc1OC(C)C. The van der Waals surface area contributed by atoms with E-state index < -0.39 is 6.10 Å². The van der Waals surface area contributed by atoms with E-state index in [1.165, 1.54) is 0 Å². The highest BCUT2D eigenvalue weighted by Crippen LogP contribution is 2.32. The van der Waals surface area contributed by atoms with Gasteiger partial charge in [-0.15, -0.1) is 0 Å². The molecule has 1 aromatic carbocycles. The molecule has 0 aliphatic rings. The summed E-state index contributed by atoms with van der Waals surface area (Å²) in [4.78, 5) is 0. The molecule has 0 aliphatic heterocycles. The molecule has 1 aromatic rings. The lowest BCUT2D eigenvalue weighted by Crippen LogP contribution is -2.08. The summed E-state index contributed by atoms with van der Waals surface area (Å²) in [5, 5.41) is 9.80. The smallest absolute Gasteiger partial charge is 0.161 e. The summed E-state index contributed by atoms with van der Waals surface area (Å²) in [7, 11) is 0. The van der Waals surface area contributed by atoms with Gasteiger partial charge in [-0.2, -0.15) is 0 Å². The number of rotatable bonds is 6. The molecule has 3 nitrogen and oxygen atoms in total. The molecule has 0 heterocycles. The monoisotopic (exact) mass is 238 g/mol. The van der Waals surface area contributed by atoms with Gasteiger partial charge in [-0.1, -0.05) is 13.0 Å². The standard InChI is InChI=1S/C14H22O3/c1-5-12(15)11-7-8-13(17-10(3)4)14(9-11)16-6-2/h7-10,12,15H,5-6H2,1-4H3. The molecule has 0 amide bonds. The number of hydrogen-bond donors (Lipinski definition) is 1. The molecule has 96 valence electrons. The molecule has 0 spiro atoms. The molecule has 0 saturated heterocycles. The van der Waals surface area contributed by atoms with Crippen molar-refractivity contribution in [3.05, 3.63) is 23.8 Å². The molecular weight excluding hydrogens is 216 g/mol. The van der Waals surface area contributed by atoms with Crippen LogP contribution in [0.15, 0.2) is 18.2 Å². The molecule has 1 N–H and O–H groups in total. The average molecular weight is 238 g/mol. The lowest BCUT2D eigenvalue weighted by molar-refractivity contribution is 0.172. The van der Waals surface area contributed by atoms with Crippen LogP contribution in [0.2, 0.25) is 0 Å². The van der Waals surface area contributed by atoms with Crippen LogP contribution in [0.25, 0.3) is 0 Å². The number of aliphatic hydroxyl groups excluding tert-OH is 1. The Morgan fingerprint density at radius 1 is 1.18 bits per heavy atom. The molecule has 1 atom stereocenters. The Kier molecular flexibility index (Phi) is 5.29. The van der Waals surface area contributed by atoms with Crippen molar-refractivity contribution in [3.63, 3.8) is 0 Å². The highest BCUT2D eigenvalue weighted by Gasteiger charge is 2.11. The molecular formula is C14H22O3. The molecule has 1 unspecified atom stereocenters. The summed E-state index contributed by atoms with van der Waals surface area (Å²) in [5.41, 5.74) is 0.868. The van der Waals surface area contributed by atoms with E-state index in [0.29, 0.717) is 18.8 Å². The zero-order chi connectivity index (χ0) is 12.8. The Bertz CT molecular complexity index is 347. The van der Waals surface area contributed by atoms with E-state index >= 15 is 0 Å². The molecule has 0 aliphatic carbocycles. The van der Waals surface area contributed by atoms with E-state index in [0.717, 1.165) is 11.3 Å². The Morgan fingerprint density at radius 3 is 2.41 bits per heavy atom. The first-order valence-corrected chi connectivity index (χ1v) is 6.19. The summed E-state index contributed by atoms with van der Waals surface area (Å²) in [6.07, 6.45) is 0.356. The van der Waals surface area contributed by atoms with Crippen molar-refractivity contribution < 1.29 is 14.6 Å². The quantitative estimate of drug-likeness (QED) is 0.826. The van der Waals surface area contributed by atoms with Gasteiger partial charge >= 0.3 is 0 Å². The van der Waals surface area contributed by atoms with Crippen LogP contribution in [0, 0.1) is 0 Å². The summed E-state index contributed by atoms with van der Waals surface area (Å²) >= 11 is 0. The third kappa shape index (κ3) is 3.93. The summed E-state index contributed by atoms with van der Waals surface area (Å²) < 4.78 is 11.2. The Labute approximate surface area is 103 Å². The molecule has 0 fully saturated rings. The van der Waals surface area contributed by atoms with Crippen molar-refractivity contribution >= 4 is 0 Å². The molecule has 17 heavy (non-hydrogen) atoms.